The van der Waals surface area contributed by atoms with Crippen molar-refractivity contribution in [3.05, 3.63) is 102 Å². The van der Waals surface area contributed by atoms with Crippen LogP contribution in [-0.2, 0) is 4.79 Å². The quantitative estimate of drug-likeness (QED) is 0.520. The second-order valence-corrected chi connectivity index (χ2v) is 9.98. The van der Waals surface area contributed by atoms with Crippen LogP contribution >= 0.6 is 0 Å². The number of carbonyl (C=O) groups is 2. The summed E-state index contributed by atoms with van der Waals surface area (Å²) in [5.41, 5.74) is 2.64. The Morgan fingerprint density at radius 1 is 0.667 bits per heavy atom. The minimum absolute atomic E-state index is 0.0696. The van der Waals surface area contributed by atoms with Crippen LogP contribution in [0.2, 0.25) is 0 Å². The first-order valence-electron chi connectivity index (χ1n) is 13.3. The molecule has 9 heteroatoms. The van der Waals surface area contributed by atoms with Crippen molar-refractivity contribution < 1.29 is 18.4 Å². The highest BCUT2D eigenvalue weighted by molar-refractivity contribution is 5.89. The van der Waals surface area contributed by atoms with E-state index in [0.717, 1.165) is 29.9 Å². The Kier molecular flexibility index (Phi) is 8.48. The van der Waals surface area contributed by atoms with E-state index in [4.69, 9.17) is 0 Å². The molecule has 204 valence electrons. The summed E-state index contributed by atoms with van der Waals surface area (Å²) in [4.78, 5) is 33.6. The van der Waals surface area contributed by atoms with Crippen molar-refractivity contribution in [2.75, 3.05) is 64.2 Å². The summed E-state index contributed by atoms with van der Waals surface area (Å²) >= 11 is 0. The molecule has 0 unspecified atom stereocenters. The molecule has 0 saturated carbocycles. The van der Waals surface area contributed by atoms with Crippen LogP contribution in [0.15, 0.2) is 78.9 Å². The van der Waals surface area contributed by atoms with E-state index >= 15 is 0 Å². The topological polar surface area (TPSA) is 59.1 Å². The van der Waals surface area contributed by atoms with E-state index < -0.39 is 0 Å². The third-order valence-corrected chi connectivity index (χ3v) is 7.45. The molecule has 0 aliphatic carbocycles. The van der Waals surface area contributed by atoms with E-state index in [-0.39, 0.29) is 29.6 Å². The van der Waals surface area contributed by atoms with Gasteiger partial charge in [-0.2, -0.15) is 0 Å². The molecule has 2 aliphatic rings. The maximum absolute atomic E-state index is 13.6. The van der Waals surface area contributed by atoms with Gasteiger partial charge in [0, 0.05) is 58.0 Å². The Morgan fingerprint density at radius 3 is 1.72 bits per heavy atom. The summed E-state index contributed by atoms with van der Waals surface area (Å²) in [6.07, 6.45) is 0. The van der Waals surface area contributed by atoms with Crippen LogP contribution in [0.1, 0.15) is 17.2 Å². The second kappa shape index (κ2) is 12.4. The van der Waals surface area contributed by atoms with Gasteiger partial charge >= 0.3 is 6.03 Å². The fraction of sp³-hybridized carbons (Fsp3) is 0.333. The molecule has 39 heavy (non-hydrogen) atoms. The maximum Gasteiger partial charge on any atom is 0.321 e. The van der Waals surface area contributed by atoms with Gasteiger partial charge < -0.3 is 15.1 Å². The summed E-state index contributed by atoms with van der Waals surface area (Å²) in [6.45, 7) is 5.22. The molecule has 5 rings (SSSR count). The molecule has 3 aromatic rings. The van der Waals surface area contributed by atoms with Crippen LogP contribution in [0.5, 0.6) is 0 Å². The first kappa shape index (κ1) is 26.8. The van der Waals surface area contributed by atoms with Gasteiger partial charge in [0.05, 0.1) is 12.6 Å². The number of rotatable bonds is 6. The second-order valence-electron chi connectivity index (χ2n) is 9.98. The van der Waals surface area contributed by atoms with E-state index in [1.54, 1.807) is 29.2 Å². The standard InChI is InChI=1S/C30H33F2N5O2/c31-25-10-6-23(7-11-25)29(24-8-12-26(32)13-9-24)36-16-14-34(15-17-36)22-28(38)35-18-20-37(21-19-35)30(39)33-27-4-2-1-3-5-27/h1-13,29H,14-22H2,(H,33,39). The Hall–Kier alpha value is -3.82. The molecule has 0 atom stereocenters. The van der Waals surface area contributed by atoms with E-state index in [1.807, 2.05) is 35.2 Å². The van der Waals surface area contributed by atoms with Gasteiger partial charge in [0.1, 0.15) is 11.6 Å². The number of carbonyl (C=O) groups excluding carboxylic acids is 2. The Labute approximate surface area is 227 Å². The number of anilines is 1. The van der Waals surface area contributed by atoms with Gasteiger partial charge in [-0.3, -0.25) is 14.6 Å². The summed E-state index contributed by atoms with van der Waals surface area (Å²) < 4.78 is 27.2. The fourth-order valence-corrected chi connectivity index (χ4v) is 5.26. The molecule has 0 aromatic heterocycles. The average Bonchev–Trinajstić information content (AvgIpc) is 2.96. The van der Waals surface area contributed by atoms with E-state index in [1.165, 1.54) is 24.3 Å². The summed E-state index contributed by atoms with van der Waals surface area (Å²) in [5, 5.41) is 2.90. The smallest absolute Gasteiger partial charge is 0.321 e. The lowest BCUT2D eigenvalue weighted by Gasteiger charge is -2.40. The zero-order valence-electron chi connectivity index (χ0n) is 21.8. The van der Waals surface area contributed by atoms with Crippen LogP contribution < -0.4 is 5.32 Å². The molecule has 3 aromatic carbocycles. The van der Waals surface area contributed by atoms with E-state index in [9.17, 15) is 18.4 Å². The van der Waals surface area contributed by atoms with Crippen molar-refractivity contribution in [3.8, 4) is 0 Å². The highest BCUT2D eigenvalue weighted by Crippen LogP contribution is 2.30. The zero-order valence-corrected chi connectivity index (χ0v) is 21.8. The molecule has 0 radical (unpaired) electrons. The van der Waals surface area contributed by atoms with Gasteiger partial charge in [-0.15, -0.1) is 0 Å². The van der Waals surface area contributed by atoms with Gasteiger partial charge in [-0.25, -0.2) is 13.6 Å². The monoisotopic (exact) mass is 533 g/mol. The van der Waals surface area contributed by atoms with Gasteiger partial charge in [0.2, 0.25) is 5.91 Å². The number of nitrogens with one attached hydrogen (secondary N) is 1. The molecule has 1 N–H and O–H groups in total. The largest absolute Gasteiger partial charge is 0.338 e. The van der Waals surface area contributed by atoms with Crippen molar-refractivity contribution in [3.63, 3.8) is 0 Å². The Bertz CT molecular complexity index is 1200. The summed E-state index contributed by atoms with van der Waals surface area (Å²) in [6, 6.07) is 22.0. The minimum atomic E-state index is -0.294. The Morgan fingerprint density at radius 2 is 1.18 bits per heavy atom. The lowest BCUT2D eigenvalue weighted by Crippen LogP contribution is -2.55. The van der Waals surface area contributed by atoms with Crippen LogP contribution in [-0.4, -0.2) is 90.4 Å². The number of amides is 3. The molecule has 0 spiro atoms. The molecule has 0 bridgehead atoms. The third kappa shape index (κ3) is 6.79. The van der Waals surface area contributed by atoms with Gasteiger partial charge in [-0.05, 0) is 47.5 Å². The van der Waals surface area contributed by atoms with Crippen molar-refractivity contribution in [2.24, 2.45) is 0 Å². The van der Waals surface area contributed by atoms with Crippen LogP contribution in [0.4, 0.5) is 19.3 Å². The van der Waals surface area contributed by atoms with E-state index in [2.05, 4.69) is 15.1 Å². The van der Waals surface area contributed by atoms with Crippen molar-refractivity contribution in [1.29, 1.82) is 0 Å². The highest BCUT2D eigenvalue weighted by Gasteiger charge is 2.29. The SMILES string of the molecule is O=C(CN1CCN(C(c2ccc(F)cc2)c2ccc(F)cc2)CC1)N1CCN(C(=O)Nc2ccccc2)CC1. The van der Waals surface area contributed by atoms with Crippen molar-refractivity contribution in [1.82, 2.24) is 19.6 Å². The maximum atomic E-state index is 13.6. The number of para-hydroxylation sites is 1. The number of urea groups is 1. The number of benzene rings is 3. The van der Waals surface area contributed by atoms with Crippen LogP contribution in [0.3, 0.4) is 0 Å². The number of nitrogens with zero attached hydrogens (tertiary/aromatic N) is 4. The summed E-state index contributed by atoms with van der Waals surface area (Å²) in [5.74, 6) is -0.518. The average molecular weight is 534 g/mol. The third-order valence-electron chi connectivity index (χ3n) is 7.45. The molecule has 2 aliphatic heterocycles. The van der Waals surface area contributed by atoms with Gasteiger partial charge in [0.15, 0.2) is 0 Å². The minimum Gasteiger partial charge on any atom is -0.338 e. The van der Waals surface area contributed by atoms with Gasteiger partial charge in [0.25, 0.3) is 0 Å². The number of hydrogen-bond donors (Lipinski definition) is 1. The lowest BCUT2D eigenvalue weighted by molar-refractivity contribution is -0.134. The normalized spacial score (nSPS) is 16.9. The summed E-state index contributed by atoms with van der Waals surface area (Å²) in [7, 11) is 0. The van der Waals surface area contributed by atoms with Crippen LogP contribution in [0, 0.1) is 11.6 Å². The molecular weight excluding hydrogens is 500 g/mol. The number of halogens is 2. The fourth-order valence-electron chi connectivity index (χ4n) is 5.26. The predicted octanol–water partition coefficient (Wildman–Crippen LogP) is 4.05. The Balaban J connectivity index is 1.13. The molecule has 3 amide bonds. The van der Waals surface area contributed by atoms with Gasteiger partial charge in [-0.1, -0.05) is 42.5 Å². The first-order valence-corrected chi connectivity index (χ1v) is 13.3. The van der Waals surface area contributed by atoms with E-state index in [0.29, 0.717) is 45.8 Å². The van der Waals surface area contributed by atoms with Crippen molar-refractivity contribution in [2.45, 2.75) is 6.04 Å². The van der Waals surface area contributed by atoms with Crippen LogP contribution in [0.25, 0.3) is 0 Å². The first-order chi connectivity index (χ1) is 19.0. The highest BCUT2D eigenvalue weighted by atomic mass is 19.1. The lowest BCUT2D eigenvalue weighted by atomic mass is 9.96. The molecule has 2 saturated heterocycles. The molecule has 2 fully saturated rings. The number of piperazine rings is 2. The zero-order chi connectivity index (χ0) is 27.2. The molecule has 7 nitrogen and oxygen atoms in total. The molecule has 2 heterocycles. The van der Waals surface area contributed by atoms with Crippen molar-refractivity contribution >= 4 is 17.6 Å². The number of hydrogen-bond acceptors (Lipinski definition) is 4. The molecular formula is C30H33F2N5O2. The predicted molar refractivity (Wildman–Crippen MR) is 146 cm³/mol.